The third-order valence-corrected chi connectivity index (χ3v) is 5.80. The van der Waals surface area contributed by atoms with Crippen molar-refractivity contribution in [2.75, 3.05) is 41.0 Å². The van der Waals surface area contributed by atoms with Gasteiger partial charge >= 0.3 is 0 Å². The summed E-state index contributed by atoms with van der Waals surface area (Å²) in [6.07, 6.45) is 3.91. The average molecular weight is 481 g/mol. The SMILES string of the molecule is CO[C@H]1CCN(c2ccc(Nc3ncc(F)c(Nc4ccc5c(n4)NC(=O)C(C)(C)O5)n3)cn2)C1. The van der Waals surface area contributed by atoms with E-state index in [0.717, 1.165) is 31.5 Å². The van der Waals surface area contributed by atoms with Crippen LogP contribution in [0, 0.1) is 5.82 Å². The lowest BCUT2D eigenvalue weighted by Gasteiger charge is -2.30. The van der Waals surface area contributed by atoms with Crippen LogP contribution in [0.1, 0.15) is 20.3 Å². The zero-order valence-corrected chi connectivity index (χ0v) is 19.5. The molecule has 35 heavy (non-hydrogen) atoms. The van der Waals surface area contributed by atoms with Gasteiger partial charge in [0, 0.05) is 20.2 Å². The van der Waals surface area contributed by atoms with Gasteiger partial charge in [0.05, 0.1) is 24.2 Å². The van der Waals surface area contributed by atoms with Crippen LogP contribution >= 0.6 is 0 Å². The van der Waals surface area contributed by atoms with E-state index in [0.29, 0.717) is 11.4 Å². The highest BCUT2D eigenvalue weighted by Gasteiger charge is 2.36. The van der Waals surface area contributed by atoms with Gasteiger partial charge in [0.15, 0.2) is 28.8 Å². The zero-order chi connectivity index (χ0) is 24.6. The van der Waals surface area contributed by atoms with Crippen LogP contribution in [-0.2, 0) is 9.53 Å². The predicted octanol–water partition coefficient (Wildman–Crippen LogP) is 3.23. The molecule has 0 unspecified atom stereocenters. The van der Waals surface area contributed by atoms with E-state index in [2.05, 4.69) is 40.8 Å². The van der Waals surface area contributed by atoms with E-state index in [9.17, 15) is 9.18 Å². The predicted molar refractivity (Wildman–Crippen MR) is 128 cm³/mol. The Hall–Kier alpha value is -4.06. The fraction of sp³-hybridized carbons (Fsp3) is 0.348. The van der Waals surface area contributed by atoms with Gasteiger partial charge in [-0.1, -0.05) is 0 Å². The molecule has 0 bridgehead atoms. The molecule has 0 aliphatic carbocycles. The molecule has 1 amide bonds. The summed E-state index contributed by atoms with van der Waals surface area (Å²) in [5, 5.41) is 8.54. The highest BCUT2D eigenvalue weighted by Crippen LogP contribution is 2.33. The Bertz CT molecular complexity index is 1250. The van der Waals surface area contributed by atoms with Crippen molar-refractivity contribution in [3.05, 3.63) is 42.5 Å². The standard InChI is InChI=1S/C23H25FN8O3/c1-23(2)21(33)30-20-16(35-23)5-6-17(29-20)28-19-15(24)11-26-22(31-19)27-13-4-7-18(25-10-13)32-9-8-14(12-32)34-3/h4-7,10-11,14H,8-9,12H2,1-3H3,(H3,26,27,28,29,30,31,33)/t14-/m0/s1. The first-order valence-corrected chi connectivity index (χ1v) is 11.1. The first kappa shape index (κ1) is 22.7. The van der Waals surface area contributed by atoms with Crippen LogP contribution in [0.4, 0.5) is 39.3 Å². The molecule has 1 saturated heterocycles. The number of anilines is 6. The molecule has 182 valence electrons. The molecule has 12 heteroatoms. The Labute approximate surface area is 201 Å². The number of halogens is 1. The molecule has 3 aromatic rings. The van der Waals surface area contributed by atoms with Gasteiger partial charge in [-0.15, -0.1) is 0 Å². The summed E-state index contributed by atoms with van der Waals surface area (Å²) in [4.78, 5) is 31.3. The van der Waals surface area contributed by atoms with Gasteiger partial charge in [0.25, 0.3) is 5.91 Å². The first-order valence-electron chi connectivity index (χ1n) is 11.1. The van der Waals surface area contributed by atoms with Crippen molar-refractivity contribution < 1.29 is 18.7 Å². The number of ether oxygens (including phenoxy) is 2. The van der Waals surface area contributed by atoms with Crippen molar-refractivity contribution in [1.82, 2.24) is 19.9 Å². The maximum Gasteiger partial charge on any atom is 0.269 e. The average Bonchev–Trinajstić information content (AvgIpc) is 3.32. The number of hydrogen-bond donors (Lipinski definition) is 3. The number of methoxy groups -OCH3 is 1. The van der Waals surface area contributed by atoms with E-state index in [1.165, 1.54) is 0 Å². The van der Waals surface area contributed by atoms with Gasteiger partial charge in [0.1, 0.15) is 11.6 Å². The molecular formula is C23H25FN8O3. The second-order valence-electron chi connectivity index (χ2n) is 8.75. The maximum absolute atomic E-state index is 14.4. The quantitative estimate of drug-likeness (QED) is 0.484. The normalized spacial score (nSPS) is 18.5. The van der Waals surface area contributed by atoms with Gasteiger partial charge in [0.2, 0.25) is 5.95 Å². The van der Waals surface area contributed by atoms with Crippen LogP contribution in [0.25, 0.3) is 0 Å². The van der Waals surface area contributed by atoms with E-state index in [-0.39, 0.29) is 35.4 Å². The van der Waals surface area contributed by atoms with Gasteiger partial charge in [-0.2, -0.15) is 4.98 Å². The van der Waals surface area contributed by atoms with E-state index in [1.807, 2.05) is 12.1 Å². The number of carbonyl (C=O) groups excluding carboxylic acids is 1. The van der Waals surface area contributed by atoms with Crippen LogP contribution < -0.4 is 25.6 Å². The Morgan fingerprint density at radius 2 is 2.03 bits per heavy atom. The molecule has 0 radical (unpaired) electrons. The summed E-state index contributed by atoms with van der Waals surface area (Å²) >= 11 is 0. The monoisotopic (exact) mass is 480 g/mol. The minimum absolute atomic E-state index is 0.0782. The van der Waals surface area contributed by atoms with Crippen molar-refractivity contribution in [3.8, 4) is 5.75 Å². The molecule has 1 fully saturated rings. The molecular weight excluding hydrogens is 455 g/mol. The second kappa shape index (κ2) is 8.95. The molecule has 3 aromatic heterocycles. The molecule has 2 aliphatic heterocycles. The minimum Gasteiger partial charge on any atom is -0.474 e. The summed E-state index contributed by atoms with van der Waals surface area (Å²) in [5.41, 5.74) is -0.347. The molecule has 0 spiro atoms. The summed E-state index contributed by atoms with van der Waals surface area (Å²) in [6.45, 7) is 5.01. The van der Waals surface area contributed by atoms with Gasteiger partial charge in [-0.3, -0.25) is 4.79 Å². The van der Waals surface area contributed by atoms with E-state index >= 15 is 0 Å². The number of amides is 1. The molecule has 3 N–H and O–H groups in total. The van der Waals surface area contributed by atoms with E-state index in [1.54, 1.807) is 39.3 Å². The Morgan fingerprint density at radius 3 is 2.77 bits per heavy atom. The molecule has 11 nitrogen and oxygen atoms in total. The number of nitrogens with zero attached hydrogens (tertiary/aromatic N) is 5. The van der Waals surface area contributed by atoms with Gasteiger partial charge in [-0.25, -0.2) is 19.3 Å². The van der Waals surface area contributed by atoms with Crippen molar-refractivity contribution in [3.63, 3.8) is 0 Å². The minimum atomic E-state index is -1.00. The second-order valence-corrected chi connectivity index (χ2v) is 8.75. The van der Waals surface area contributed by atoms with Gasteiger partial charge in [-0.05, 0) is 44.5 Å². The molecule has 5 heterocycles. The van der Waals surface area contributed by atoms with Crippen LogP contribution in [0.3, 0.4) is 0 Å². The Morgan fingerprint density at radius 1 is 1.17 bits per heavy atom. The van der Waals surface area contributed by atoms with Crippen LogP contribution in [0.15, 0.2) is 36.7 Å². The summed E-state index contributed by atoms with van der Waals surface area (Å²) in [6, 6.07) is 7.01. The highest BCUT2D eigenvalue weighted by molar-refractivity contribution is 5.99. The summed E-state index contributed by atoms with van der Waals surface area (Å²) in [5.74, 6) is 0.925. The topological polar surface area (TPSA) is 126 Å². The molecule has 1 atom stereocenters. The lowest BCUT2D eigenvalue weighted by atomic mass is 10.1. The first-order chi connectivity index (χ1) is 16.8. The fourth-order valence-corrected chi connectivity index (χ4v) is 3.81. The lowest BCUT2D eigenvalue weighted by molar-refractivity contribution is -0.129. The van der Waals surface area contributed by atoms with Crippen LogP contribution in [0.2, 0.25) is 0 Å². The molecule has 0 aromatic carbocycles. The molecule has 5 rings (SSSR count). The number of fused-ring (bicyclic) bond motifs is 1. The lowest BCUT2D eigenvalue weighted by Crippen LogP contribution is -2.46. The number of pyridine rings is 2. The maximum atomic E-state index is 14.4. The highest BCUT2D eigenvalue weighted by atomic mass is 19.1. The third kappa shape index (κ3) is 4.78. The van der Waals surface area contributed by atoms with Crippen molar-refractivity contribution in [1.29, 1.82) is 0 Å². The Balaban J connectivity index is 1.28. The van der Waals surface area contributed by atoms with Crippen molar-refractivity contribution in [2.24, 2.45) is 0 Å². The fourth-order valence-electron chi connectivity index (χ4n) is 3.81. The number of carbonyl (C=O) groups is 1. The third-order valence-electron chi connectivity index (χ3n) is 5.80. The summed E-state index contributed by atoms with van der Waals surface area (Å²) in [7, 11) is 1.72. The van der Waals surface area contributed by atoms with Gasteiger partial charge < -0.3 is 30.3 Å². The number of aromatic nitrogens is 4. The zero-order valence-electron chi connectivity index (χ0n) is 19.5. The molecule has 0 saturated carbocycles. The van der Waals surface area contributed by atoms with Crippen LogP contribution in [-0.4, -0.2) is 57.7 Å². The largest absolute Gasteiger partial charge is 0.474 e. The smallest absolute Gasteiger partial charge is 0.269 e. The Kier molecular flexibility index (Phi) is 5.81. The number of hydrogen-bond acceptors (Lipinski definition) is 10. The summed E-state index contributed by atoms with van der Waals surface area (Å²) < 4.78 is 25.5. The van der Waals surface area contributed by atoms with Crippen molar-refractivity contribution >= 4 is 40.8 Å². The van der Waals surface area contributed by atoms with Crippen molar-refractivity contribution in [2.45, 2.75) is 32.0 Å². The van der Waals surface area contributed by atoms with E-state index < -0.39 is 11.4 Å². The number of nitrogens with one attached hydrogen (secondary N) is 3. The van der Waals surface area contributed by atoms with E-state index in [4.69, 9.17) is 9.47 Å². The molecule has 2 aliphatic rings. The number of rotatable bonds is 6. The van der Waals surface area contributed by atoms with Crippen LogP contribution in [0.5, 0.6) is 5.75 Å².